The van der Waals surface area contributed by atoms with E-state index in [0.29, 0.717) is 11.6 Å². The summed E-state index contributed by atoms with van der Waals surface area (Å²) in [5, 5.41) is 13.5. The molecule has 1 aromatic carbocycles. The molecule has 1 fully saturated rings. The minimum absolute atomic E-state index is 0.0464. The van der Waals surface area contributed by atoms with Crippen LogP contribution in [0.15, 0.2) is 54.4 Å². The molecule has 0 saturated carbocycles. The average Bonchev–Trinajstić information content (AvgIpc) is 3.17. The third kappa shape index (κ3) is 4.75. The molecule has 0 spiro atoms. The normalized spacial score (nSPS) is 16.6. The molecule has 200 valence electrons. The van der Waals surface area contributed by atoms with Gasteiger partial charge in [0, 0.05) is 48.8 Å². The summed E-state index contributed by atoms with van der Waals surface area (Å²) in [6, 6.07) is 14.5. The van der Waals surface area contributed by atoms with Gasteiger partial charge in [-0.15, -0.1) is 0 Å². The minimum Gasteiger partial charge on any atom is -0.401 e. The fraction of sp³-hybridized carbons (Fsp3) is 0.400. The van der Waals surface area contributed by atoms with Gasteiger partial charge < -0.3 is 25.2 Å². The Balaban J connectivity index is 1.88. The van der Waals surface area contributed by atoms with Gasteiger partial charge in [0.1, 0.15) is 0 Å². The van der Waals surface area contributed by atoms with Crippen molar-refractivity contribution in [3.05, 3.63) is 76.9 Å². The van der Waals surface area contributed by atoms with Crippen LogP contribution in [-0.2, 0) is 10.3 Å². The number of aliphatic hydroxyl groups is 1. The average molecular weight is 515 g/mol. The van der Waals surface area contributed by atoms with Crippen molar-refractivity contribution >= 4 is 27.6 Å². The first-order valence-corrected chi connectivity index (χ1v) is 13.2. The zero-order valence-corrected chi connectivity index (χ0v) is 22.9. The third-order valence-electron chi connectivity index (χ3n) is 7.55. The molecule has 3 aromatic heterocycles. The molecule has 4 aromatic rings. The minimum atomic E-state index is -0.987. The van der Waals surface area contributed by atoms with E-state index in [-0.39, 0.29) is 6.04 Å². The van der Waals surface area contributed by atoms with E-state index in [0.717, 1.165) is 76.2 Å². The van der Waals surface area contributed by atoms with Crippen LogP contribution in [0.25, 0.3) is 27.6 Å². The van der Waals surface area contributed by atoms with E-state index in [4.69, 9.17) is 26.3 Å². The predicted molar refractivity (Wildman–Crippen MR) is 152 cm³/mol. The van der Waals surface area contributed by atoms with Crippen molar-refractivity contribution in [3.63, 3.8) is 0 Å². The molecule has 0 aliphatic carbocycles. The van der Waals surface area contributed by atoms with E-state index in [1.807, 2.05) is 46.0 Å². The second-order valence-corrected chi connectivity index (χ2v) is 11.0. The van der Waals surface area contributed by atoms with Crippen LogP contribution in [0.1, 0.15) is 62.2 Å². The molecule has 8 nitrogen and oxygen atoms in total. The van der Waals surface area contributed by atoms with Gasteiger partial charge in [0.25, 0.3) is 0 Å². The Bertz CT molecular complexity index is 1500. The summed E-state index contributed by atoms with van der Waals surface area (Å²) in [6.07, 6.45) is 3.69. The fourth-order valence-corrected chi connectivity index (χ4v) is 5.77. The predicted octanol–water partition coefficient (Wildman–Crippen LogP) is 4.59. The summed E-state index contributed by atoms with van der Waals surface area (Å²) >= 11 is 0. The summed E-state index contributed by atoms with van der Waals surface area (Å²) < 4.78 is 8.12. The van der Waals surface area contributed by atoms with Crippen LogP contribution >= 0.6 is 0 Å². The van der Waals surface area contributed by atoms with Gasteiger partial charge in [0.2, 0.25) is 0 Å². The van der Waals surface area contributed by atoms with Gasteiger partial charge in [-0.3, -0.25) is 9.97 Å². The Hall–Kier alpha value is -3.46. The standard InChI is InChI=1S/C30H38N6O2/c1-18-7-6-8-24(34-18)29(20-11-13-38-14-12-20)36-25-16-22(30(3,4)37)9-10-23(25)27-26(36)15-21(17-33-27)28(19(2)31)35(5)32/h6-10,15-17,20,29,37H,11-14,31-32H2,1-5H3/b28-19-. The molecule has 1 atom stereocenters. The SMILES string of the molecule is C/C(N)=C(\c1cnc2c3ccc(C(C)(C)O)cc3n(C(c3cccc(C)n3)C3CCOCC3)c2c1)N(C)N. The number of benzene rings is 1. The highest BCUT2D eigenvalue weighted by Crippen LogP contribution is 2.41. The molecule has 1 saturated heterocycles. The second-order valence-electron chi connectivity index (χ2n) is 11.0. The maximum absolute atomic E-state index is 10.9. The topological polar surface area (TPSA) is 115 Å². The van der Waals surface area contributed by atoms with Crippen LogP contribution in [-0.4, -0.2) is 44.9 Å². The van der Waals surface area contributed by atoms with Gasteiger partial charge in [0.05, 0.1) is 39.6 Å². The summed E-state index contributed by atoms with van der Waals surface area (Å²) in [5.41, 5.74) is 13.2. The molecule has 0 radical (unpaired) electrons. The molecule has 4 heterocycles. The maximum Gasteiger partial charge on any atom is 0.0960 e. The van der Waals surface area contributed by atoms with Crippen LogP contribution in [0.2, 0.25) is 0 Å². The first-order chi connectivity index (χ1) is 18.1. The van der Waals surface area contributed by atoms with E-state index in [1.54, 1.807) is 7.05 Å². The van der Waals surface area contributed by atoms with Crippen molar-refractivity contribution in [2.75, 3.05) is 20.3 Å². The molecule has 0 amide bonds. The molecule has 1 aliphatic rings. The van der Waals surface area contributed by atoms with Gasteiger partial charge in [-0.05, 0) is 76.3 Å². The van der Waals surface area contributed by atoms with Crippen molar-refractivity contribution in [2.24, 2.45) is 17.5 Å². The number of nitrogens with two attached hydrogens (primary N) is 2. The Morgan fingerprint density at radius 3 is 2.53 bits per heavy atom. The summed E-state index contributed by atoms with van der Waals surface area (Å²) in [5.74, 6) is 6.50. The number of hydrogen-bond donors (Lipinski definition) is 3. The molecule has 1 aliphatic heterocycles. The number of hydrazine groups is 1. The van der Waals surface area contributed by atoms with Gasteiger partial charge in [0.15, 0.2) is 0 Å². The number of aryl methyl sites for hydroxylation is 1. The lowest BCUT2D eigenvalue weighted by atomic mass is 9.88. The molecular formula is C30H38N6O2. The van der Waals surface area contributed by atoms with Crippen LogP contribution in [0, 0.1) is 12.8 Å². The second kappa shape index (κ2) is 10.0. The zero-order valence-electron chi connectivity index (χ0n) is 22.9. The number of hydrogen-bond acceptors (Lipinski definition) is 7. The van der Waals surface area contributed by atoms with Crippen LogP contribution in [0.4, 0.5) is 0 Å². The summed E-state index contributed by atoms with van der Waals surface area (Å²) in [7, 11) is 1.78. The van der Waals surface area contributed by atoms with Crippen molar-refractivity contribution in [1.82, 2.24) is 19.5 Å². The van der Waals surface area contributed by atoms with Crippen molar-refractivity contribution in [3.8, 4) is 0 Å². The van der Waals surface area contributed by atoms with E-state index in [9.17, 15) is 5.11 Å². The number of ether oxygens (including phenoxy) is 1. The van der Waals surface area contributed by atoms with E-state index >= 15 is 0 Å². The first-order valence-electron chi connectivity index (χ1n) is 13.2. The Kier molecular flexibility index (Phi) is 6.90. The van der Waals surface area contributed by atoms with Crippen LogP contribution < -0.4 is 11.6 Å². The van der Waals surface area contributed by atoms with Crippen molar-refractivity contribution in [2.45, 2.75) is 52.2 Å². The largest absolute Gasteiger partial charge is 0.401 e. The first kappa shape index (κ1) is 26.2. The van der Waals surface area contributed by atoms with Gasteiger partial charge in [-0.1, -0.05) is 18.2 Å². The highest BCUT2D eigenvalue weighted by Gasteiger charge is 2.32. The highest BCUT2D eigenvalue weighted by atomic mass is 16.5. The smallest absolute Gasteiger partial charge is 0.0960 e. The third-order valence-corrected chi connectivity index (χ3v) is 7.55. The summed E-state index contributed by atoms with van der Waals surface area (Å²) in [6.45, 7) is 8.94. The molecule has 5 rings (SSSR count). The van der Waals surface area contributed by atoms with E-state index < -0.39 is 5.60 Å². The number of allylic oxidation sites excluding steroid dienone is 1. The zero-order chi connectivity index (χ0) is 27.2. The Labute approximate surface area is 223 Å². The number of nitrogens with zero attached hydrogens (tertiary/aromatic N) is 4. The molecule has 8 heteroatoms. The molecule has 1 unspecified atom stereocenters. The lowest BCUT2D eigenvalue weighted by Gasteiger charge is -2.32. The summed E-state index contributed by atoms with van der Waals surface area (Å²) in [4.78, 5) is 9.96. The maximum atomic E-state index is 10.9. The lowest BCUT2D eigenvalue weighted by Crippen LogP contribution is -2.28. The number of fused-ring (bicyclic) bond motifs is 3. The molecular weight excluding hydrogens is 476 g/mol. The fourth-order valence-electron chi connectivity index (χ4n) is 5.77. The Morgan fingerprint density at radius 2 is 1.89 bits per heavy atom. The molecule has 5 N–H and O–H groups in total. The number of aromatic nitrogens is 3. The van der Waals surface area contributed by atoms with Gasteiger partial charge in [-0.25, -0.2) is 5.84 Å². The number of rotatable bonds is 6. The van der Waals surface area contributed by atoms with Crippen LogP contribution in [0.3, 0.4) is 0 Å². The quantitative estimate of drug-likeness (QED) is 0.255. The van der Waals surface area contributed by atoms with E-state index in [1.165, 1.54) is 5.01 Å². The lowest BCUT2D eigenvalue weighted by molar-refractivity contribution is 0.0547. The van der Waals surface area contributed by atoms with Gasteiger partial charge in [-0.2, -0.15) is 0 Å². The van der Waals surface area contributed by atoms with E-state index in [2.05, 4.69) is 34.9 Å². The highest BCUT2D eigenvalue weighted by molar-refractivity contribution is 6.06. The Morgan fingerprint density at radius 1 is 1.16 bits per heavy atom. The number of pyridine rings is 2. The molecule has 38 heavy (non-hydrogen) atoms. The monoisotopic (exact) mass is 514 g/mol. The van der Waals surface area contributed by atoms with Crippen LogP contribution in [0.5, 0.6) is 0 Å². The van der Waals surface area contributed by atoms with Crippen molar-refractivity contribution < 1.29 is 9.84 Å². The van der Waals surface area contributed by atoms with Crippen molar-refractivity contribution in [1.29, 1.82) is 0 Å². The molecule has 0 bridgehead atoms. The van der Waals surface area contributed by atoms with Gasteiger partial charge >= 0.3 is 0 Å².